The lowest BCUT2D eigenvalue weighted by Gasteiger charge is -2.31. The van der Waals surface area contributed by atoms with E-state index >= 15 is 0 Å². The third-order valence-electron chi connectivity index (χ3n) is 17.5. The van der Waals surface area contributed by atoms with Crippen molar-refractivity contribution in [1.82, 2.24) is 31.1 Å². The lowest BCUT2D eigenvalue weighted by Crippen LogP contribution is -2.53. The summed E-state index contributed by atoms with van der Waals surface area (Å²) in [4.78, 5) is 139. The van der Waals surface area contributed by atoms with Crippen molar-refractivity contribution in [3.63, 3.8) is 0 Å². The van der Waals surface area contributed by atoms with E-state index in [4.69, 9.17) is 33.2 Å². The van der Waals surface area contributed by atoms with Crippen LogP contribution in [-0.4, -0.2) is 162 Å². The molecule has 0 saturated carbocycles. The summed E-state index contributed by atoms with van der Waals surface area (Å²) in [6.07, 6.45) is 2.94. The van der Waals surface area contributed by atoms with Gasteiger partial charge in [0.1, 0.15) is 44.0 Å². The monoisotopic (exact) mass is 1420 g/mol. The number of unbranched alkanes of at least 4 members (excludes halogenated alkanes) is 2. The Kier molecular flexibility index (Phi) is 26.9. The zero-order valence-electron chi connectivity index (χ0n) is 59.5. The average Bonchev–Trinajstić information content (AvgIpc) is 1.63. The first-order valence-corrected chi connectivity index (χ1v) is 34.0. The summed E-state index contributed by atoms with van der Waals surface area (Å²) in [5.74, 6) is -3.41. The number of alkyl carbamates (subject to hydrolysis) is 1. The highest BCUT2D eigenvalue weighted by Gasteiger charge is 2.47. The average molecular weight is 1430 g/mol. The van der Waals surface area contributed by atoms with Gasteiger partial charge in [-0.3, -0.25) is 33.6 Å². The van der Waals surface area contributed by atoms with Gasteiger partial charge >= 0.3 is 18.3 Å². The number of allylic oxidation sites excluding steroid dienone is 1. The molecule has 8 rings (SSSR count). The van der Waals surface area contributed by atoms with Crippen molar-refractivity contribution < 1.29 is 91.3 Å². The van der Waals surface area contributed by atoms with E-state index < -0.39 is 102 Å². The molecule has 8 atom stereocenters. The highest BCUT2D eigenvalue weighted by Crippen LogP contribution is 2.44. The van der Waals surface area contributed by atoms with Gasteiger partial charge < -0.3 is 85.1 Å². The molecule has 10 amide bonds. The van der Waals surface area contributed by atoms with Crippen molar-refractivity contribution in [2.45, 2.75) is 162 Å². The van der Waals surface area contributed by atoms with Gasteiger partial charge in [-0.2, -0.15) is 0 Å². The van der Waals surface area contributed by atoms with E-state index in [9.17, 15) is 58.2 Å². The number of carbonyl (C=O) groups excluding carboxylic acids is 10. The molecule has 4 aromatic rings. The number of nitrogens with zero attached hydrogens (tertiary/aromatic N) is 4. The number of rotatable bonds is 31. The maximum absolute atomic E-state index is 14.3. The zero-order chi connectivity index (χ0) is 74.9. The molecule has 4 aromatic carbocycles. The van der Waals surface area contributed by atoms with Gasteiger partial charge in [-0.15, -0.1) is 6.58 Å². The Balaban J connectivity index is 0.879. The number of aliphatic hydroxyl groups excluding tert-OH is 2. The van der Waals surface area contributed by atoms with Crippen LogP contribution in [-0.2, 0) is 51.4 Å². The van der Waals surface area contributed by atoms with Crippen LogP contribution in [0.2, 0.25) is 0 Å². The first-order valence-electron chi connectivity index (χ1n) is 34.0. The fourth-order valence-corrected chi connectivity index (χ4v) is 11.9. The Morgan fingerprint density at radius 3 is 1.35 bits per heavy atom. The molecule has 0 fully saturated rings. The van der Waals surface area contributed by atoms with Crippen molar-refractivity contribution >= 4 is 82.4 Å². The lowest BCUT2D eigenvalue weighted by atomic mass is 10.0. The number of methoxy groups -OCH3 is 2. The molecule has 103 heavy (non-hydrogen) atoms. The van der Waals surface area contributed by atoms with Crippen LogP contribution in [0.5, 0.6) is 23.0 Å². The van der Waals surface area contributed by atoms with Crippen LogP contribution in [0.3, 0.4) is 0 Å². The van der Waals surface area contributed by atoms with Crippen LogP contribution in [0, 0.1) is 11.8 Å². The van der Waals surface area contributed by atoms with Crippen LogP contribution < -0.4 is 60.6 Å². The van der Waals surface area contributed by atoms with Gasteiger partial charge in [0.05, 0.1) is 62.0 Å². The third kappa shape index (κ3) is 19.4. The van der Waals surface area contributed by atoms with Crippen molar-refractivity contribution in [1.29, 1.82) is 0 Å². The number of hydrogen-bond donors (Lipinski definition) is 8. The van der Waals surface area contributed by atoms with Crippen molar-refractivity contribution in [3.8, 4) is 23.0 Å². The molecule has 0 bridgehead atoms. The van der Waals surface area contributed by atoms with E-state index in [1.165, 1.54) is 68.2 Å². The summed E-state index contributed by atoms with van der Waals surface area (Å²) in [6, 6.07) is 13.0. The number of fused-ring (bicyclic) bond motifs is 4. The van der Waals surface area contributed by atoms with Gasteiger partial charge in [-0.05, 0) is 126 Å². The summed E-state index contributed by atoms with van der Waals surface area (Å²) in [5.41, 5.74) is 3.42. The quantitative estimate of drug-likeness (QED) is 0.0133. The Labute approximate surface area is 597 Å². The molecule has 0 unspecified atom stereocenters. The Hall–Kier alpha value is -10.9. The molecular weight excluding hydrogens is 1330 g/mol. The first kappa shape index (κ1) is 77.8. The smallest absolute Gasteiger partial charge is 0.416 e. The molecule has 8 N–H and O–H groups in total. The number of ether oxygens (including phenoxy) is 7. The number of anilines is 4. The number of carbonyl (C=O) groups is 10. The van der Waals surface area contributed by atoms with E-state index in [1.54, 1.807) is 94.7 Å². The molecule has 552 valence electrons. The number of aliphatic hydroxyl groups is 2. The molecule has 29 heteroatoms. The Morgan fingerprint density at radius 1 is 0.544 bits per heavy atom. The van der Waals surface area contributed by atoms with E-state index in [1.807, 2.05) is 13.8 Å². The fraction of sp³-hybridized carbons (Fsp3) is 0.432. The number of amides is 10. The number of nitrogens with one attached hydrogen (secondary N) is 6. The maximum Gasteiger partial charge on any atom is 0.416 e. The Morgan fingerprint density at radius 2 is 0.961 bits per heavy atom. The van der Waals surface area contributed by atoms with E-state index in [0.717, 1.165) is 20.9 Å². The second kappa shape index (κ2) is 35.6. The highest BCUT2D eigenvalue weighted by molar-refractivity contribution is 6.08. The summed E-state index contributed by atoms with van der Waals surface area (Å²) in [5, 5.41) is 40.0. The van der Waals surface area contributed by atoms with Crippen LogP contribution in [0.1, 0.15) is 132 Å². The van der Waals surface area contributed by atoms with Crippen molar-refractivity contribution in [2.24, 2.45) is 11.8 Å². The Bertz CT molecular complexity index is 3650. The normalized spacial score (nSPS) is 17.7. The SMILES string of the molecule is C=CCCC(=O)N[C@H](C(=O)N[C@@H](C)C(=O)Nc1ccc(COC(=O)N2c3cc(OCCCCCOc4cc5c(cc4OC)C(=O)N4C=C(C)C[C@H]4[C@H](O)N5C(=O)OCc4ccc(NC(=O)[C@H](C)NC(=O)[C@@H](NC(=O)OCC=C)C(C)C)cc4)c(OC)cc3C(=O)N3C=C(C)C[C@H]3[C@@H]2O)cc1)C(C)C. The topological polar surface area (TPSA) is 361 Å². The van der Waals surface area contributed by atoms with Crippen molar-refractivity contribution in [2.75, 3.05) is 54.5 Å². The van der Waals surface area contributed by atoms with Gasteiger partial charge in [-0.1, -0.05) is 81.8 Å². The second-order valence-electron chi connectivity index (χ2n) is 26.1. The predicted molar refractivity (Wildman–Crippen MR) is 380 cm³/mol. The van der Waals surface area contributed by atoms with Gasteiger partial charge in [0.2, 0.25) is 29.5 Å². The first-order chi connectivity index (χ1) is 49.2. The fourth-order valence-electron chi connectivity index (χ4n) is 11.9. The summed E-state index contributed by atoms with van der Waals surface area (Å²) in [7, 11) is 2.81. The second-order valence-corrected chi connectivity index (χ2v) is 26.1. The van der Waals surface area contributed by atoms with Gasteiger partial charge in [0.15, 0.2) is 35.5 Å². The molecule has 4 heterocycles. The minimum atomic E-state index is -1.58. The maximum atomic E-state index is 14.3. The van der Waals surface area contributed by atoms with Crippen LogP contribution in [0.4, 0.5) is 37.1 Å². The standard InChI is InChI=1S/C74H92N10O19/c1-13-15-19-61(85)79-62(41(3)4)66(88)75-45(9)64(86)77-49-24-20-47(21-25-49)39-102-73(95)83-53-35-59(57(97-11)33-51(53)68(90)81-37-43(7)31-55(81)70(83)92)99-29-17-16-18-30-100-60-36-54-52(34-58(60)98-12)69(91)82-38-44(8)32-56(82)71(93)84(54)74(96)103-40-48-22-26-50(27-23-48)78-65(87)46(10)76-67(89)63(42(5)6)80-72(94)101-28-14-2/h13-14,20-27,33-38,41-42,45-46,55-56,62-63,70-71,92-93H,1-2,15-19,28-32,39-40H2,3-12H3,(H,75,88)(H,76,89)(H,77,86)(H,78,87)(H,79,85)(H,80,94)/t45-,46-,55-,56-,62-,63-,70-,71-/m0/s1. The third-order valence-corrected chi connectivity index (χ3v) is 17.5. The zero-order valence-corrected chi connectivity index (χ0v) is 59.5. The lowest BCUT2D eigenvalue weighted by molar-refractivity contribution is -0.131. The predicted octanol–water partition coefficient (Wildman–Crippen LogP) is 8.45. The molecule has 4 aliphatic rings. The van der Waals surface area contributed by atoms with Crippen LogP contribution in [0.25, 0.3) is 0 Å². The van der Waals surface area contributed by atoms with E-state index in [-0.39, 0.29) is 116 Å². The van der Waals surface area contributed by atoms with Gasteiger partial charge in [0.25, 0.3) is 11.8 Å². The molecule has 0 aliphatic carbocycles. The van der Waals surface area contributed by atoms with Crippen LogP contribution in [0.15, 0.2) is 122 Å². The minimum absolute atomic E-state index is 0.00406. The summed E-state index contributed by atoms with van der Waals surface area (Å²) in [6.45, 7) is 20.4. The molecule has 4 aliphatic heterocycles. The molecule has 0 saturated heterocycles. The van der Waals surface area contributed by atoms with Gasteiger partial charge in [-0.25, -0.2) is 24.2 Å². The molecule has 29 nitrogen and oxygen atoms in total. The van der Waals surface area contributed by atoms with Gasteiger partial charge in [0, 0.05) is 42.3 Å². The number of benzene rings is 4. The van der Waals surface area contributed by atoms with E-state index in [0.29, 0.717) is 48.2 Å². The summed E-state index contributed by atoms with van der Waals surface area (Å²) < 4.78 is 40.5. The molecular formula is C74H92N10O19. The van der Waals surface area contributed by atoms with Crippen molar-refractivity contribution in [3.05, 3.63) is 144 Å². The molecule has 0 radical (unpaired) electrons. The summed E-state index contributed by atoms with van der Waals surface area (Å²) >= 11 is 0. The highest BCUT2D eigenvalue weighted by atomic mass is 16.6. The molecule has 0 aromatic heterocycles. The number of hydrogen-bond acceptors (Lipinski definition) is 19. The van der Waals surface area contributed by atoms with Crippen LogP contribution >= 0.6 is 0 Å². The largest absolute Gasteiger partial charge is 0.493 e. The van der Waals surface area contributed by atoms with E-state index in [2.05, 4.69) is 45.1 Å². The molecule has 0 spiro atoms. The minimum Gasteiger partial charge on any atom is -0.493 e.